The van der Waals surface area contributed by atoms with Crippen LogP contribution < -0.4 is 10.1 Å². The van der Waals surface area contributed by atoms with Gasteiger partial charge in [0.25, 0.3) is 0 Å². The zero-order valence-corrected chi connectivity index (χ0v) is 13.3. The molecule has 0 bridgehead atoms. The Labute approximate surface area is 135 Å². The minimum atomic E-state index is -0.903. The second-order valence-corrected chi connectivity index (χ2v) is 5.73. The van der Waals surface area contributed by atoms with Gasteiger partial charge in [-0.3, -0.25) is 4.79 Å². The standard InChI is InChI=1S/C17H22FNO4/c1-22-16(21)17(10-3-2-4-11-17)19-15(20)9-12-23-14-7-5-13(18)6-8-14/h5-8H,2-4,9-12H2,1H3,(H,19,20). The SMILES string of the molecule is COC(=O)C1(NC(=O)CCOc2ccc(F)cc2)CCCCC1. The molecule has 1 saturated carbocycles. The van der Waals surface area contributed by atoms with Gasteiger partial charge in [0.1, 0.15) is 17.1 Å². The summed E-state index contributed by atoms with van der Waals surface area (Å²) >= 11 is 0. The first-order valence-electron chi connectivity index (χ1n) is 7.83. The Kier molecular flexibility index (Phi) is 5.96. The van der Waals surface area contributed by atoms with E-state index < -0.39 is 5.54 Å². The van der Waals surface area contributed by atoms with Crippen LogP contribution in [-0.2, 0) is 14.3 Å². The van der Waals surface area contributed by atoms with Crippen LogP contribution in [0, 0.1) is 5.82 Å². The van der Waals surface area contributed by atoms with Crippen molar-refractivity contribution in [3.8, 4) is 5.75 Å². The fourth-order valence-electron chi connectivity index (χ4n) is 2.85. The van der Waals surface area contributed by atoms with Gasteiger partial charge in [0.05, 0.1) is 20.1 Å². The van der Waals surface area contributed by atoms with Crippen LogP contribution >= 0.6 is 0 Å². The van der Waals surface area contributed by atoms with Crippen LogP contribution in [-0.4, -0.2) is 31.1 Å². The minimum absolute atomic E-state index is 0.121. The molecule has 1 fully saturated rings. The van der Waals surface area contributed by atoms with Gasteiger partial charge in [-0.05, 0) is 37.1 Å². The van der Waals surface area contributed by atoms with Crippen LogP contribution in [0.15, 0.2) is 24.3 Å². The van der Waals surface area contributed by atoms with Crippen LogP contribution in [0.3, 0.4) is 0 Å². The molecule has 0 heterocycles. The molecular formula is C17H22FNO4. The van der Waals surface area contributed by atoms with Crippen molar-refractivity contribution in [2.24, 2.45) is 0 Å². The highest BCUT2D eigenvalue weighted by atomic mass is 19.1. The lowest BCUT2D eigenvalue weighted by Gasteiger charge is -2.35. The Hall–Kier alpha value is -2.11. The van der Waals surface area contributed by atoms with E-state index in [9.17, 15) is 14.0 Å². The number of carbonyl (C=O) groups is 2. The van der Waals surface area contributed by atoms with Crippen LogP contribution in [0.5, 0.6) is 5.75 Å². The lowest BCUT2D eigenvalue weighted by atomic mass is 9.81. The Morgan fingerprint density at radius 2 is 1.83 bits per heavy atom. The van der Waals surface area contributed by atoms with Crippen molar-refractivity contribution in [2.75, 3.05) is 13.7 Å². The van der Waals surface area contributed by atoms with Gasteiger partial charge in [-0.25, -0.2) is 9.18 Å². The predicted octanol–water partition coefficient (Wildman–Crippen LogP) is 2.59. The van der Waals surface area contributed by atoms with E-state index in [0.717, 1.165) is 19.3 Å². The molecule has 23 heavy (non-hydrogen) atoms. The number of esters is 1. The summed E-state index contributed by atoms with van der Waals surface area (Å²) in [6.45, 7) is 0.161. The summed E-state index contributed by atoms with van der Waals surface area (Å²) in [4.78, 5) is 24.2. The normalized spacial score (nSPS) is 16.4. The van der Waals surface area contributed by atoms with Gasteiger partial charge in [0, 0.05) is 0 Å². The topological polar surface area (TPSA) is 64.6 Å². The van der Waals surface area contributed by atoms with Gasteiger partial charge < -0.3 is 14.8 Å². The molecule has 1 aliphatic rings. The van der Waals surface area contributed by atoms with E-state index in [1.165, 1.54) is 31.4 Å². The van der Waals surface area contributed by atoms with E-state index in [-0.39, 0.29) is 30.7 Å². The zero-order chi connectivity index (χ0) is 16.7. The van der Waals surface area contributed by atoms with Crippen LogP contribution in [0.1, 0.15) is 38.5 Å². The van der Waals surface area contributed by atoms with Crippen molar-refractivity contribution < 1.29 is 23.5 Å². The first kappa shape index (κ1) is 17.2. The molecule has 1 N–H and O–H groups in total. The molecule has 1 aliphatic carbocycles. The summed E-state index contributed by atoms with van der Waals surface area (Å²) in [7, 11) is 1.34. The lowest BCUT2D eigenvalue weighted by Crippen LogP contribution is -2.56. The number of methoxy groups -OCH3 is 1. The van der Waals surface area contributed by atoms with E-state index >= 15 is 0 Å². The lowest BCUT2D eigenvalue weighted by molar-refractivity contribution is -0.152. The molecule has 0 radical (unpaired) electrons. The number of carbonyl (C=O) groups excluding carboxylic acids is 2. The van der Waals surface area contributed by atoms with Crippen molar-refractivity contribution in [2.45, 2.75) is 44.1 Å². The van der Waals surface area contributed by atoms with Crippen molar-refractivity contribution in [1.82, 2.24) is 5.32 Å². The van der Waals surface area contributed by atoms with Crippen LogP contribution in [0.25, 0.3) is 0 Å². The number of hydrogen-bond acceptors (Lipinski definition) is 4. The average Bonchev–Trinajstić information content (AvgIpc) is 2.56. The van der Waals surface area contributed by atoms with Crippen molar-refractivity contribution in [3.63, 3.8) is 0 Å². The maximum Gasteiger partial charge on any atom is 0.331 e. The van der Waals surface area contributed by atoms with Crippen molar-refractivity contribution in [1.29, 1.82) is 0 Å². The molecule has 6 heteroatoms. The number of amides is 1. The Bertz CT molecular complexity index is 538. The molecule has 0 unspecified atom stereocenters. The van der Waals surface area contributed by atoms with Gasteiger partial charge in [-0.1, -0.05) is 19.3 Å². The van der Waals surface area contributed by atoms with Crippen molar-refractivity contribution in [3.05, 3.63) is 30.1 Å². The highest BCUT2D eigenvalue weighted by Crippen LogP contribution is 2.29. The summed E-state index contributed by atoms with van der Waals surface area (Å²) in [5, 5.41) is 2.82. The van der Waals surface area contributed by atoms with Crippen LogP contribution in [0.4, 0.5) is 4.39 Å². The summed E-state index contributed by atoms with van der Waals surface area (Å²) in [5.74, 6) is -0.476. The first-order chi connectivity index (χ1) is 11.1. The summed E-state index contributed by atoms with van der Waals surface area (Å²) < 4.78 is 23.0. The Morgan fingerprint density at radius 3 is 2.43 bits per heavy atom. The average molecular weight is 323 g/mol. The van der Waals surface area contributed by atoms with E-state index in [4.69, 9.17) is 9.47 Å². The number of halogens is 1. The maximum atomic E-state index is 12.8. The van der Waals surface area contributed by atoms with Gasteiger partial charge >= 0.3 is 5.97 Å². The monoisotopic (exact) mass is 323 g/mol. The largest absolute Gasteiger partial charge is 0.493 e. The van der Waals surface area contributed by atoms with Gasteiger partial charge in [-0.15, -0.1) is 0 Å². The van der Waals surface area contributed by atoms with Gasteiger partial charge in [-0.2, -0.15) is 0 Å². The summed E-state index contributed by atoms with van der Waals surface area (Å²) in [6.07, 6.45) is 4.16. The predicted molar refractivity (Wildman–Crippen MR) is 82.5 cm³/mol. The molecule has 0 saturated heterocycles. The fraction of sp³-hybridized carbons (Fsp3) is 0.529. The number of benzene rings is 1. The molecular weight excluding hydrogens is 301 g/mol. The fourth-order valence-corrected chi connectivity index (χ4v) is 2.85. The molecule has 1 aromatic rings. The van der Waals surface area contributed by atoms with Crippen molar-refractivity contribution >= 4 is 11.9 Å². The Morgan fingerprint density at radius 1 is 1.17 bits per heavy atom. The number of nitrogens with one attached hydrogen (secondary N) is 1. The first-order valence-corrected chi connectivity index (χ1v) is 7.83. The number of rotatable bonds is 6. The molecule has 0 aromatic heterocycles. The van der Waals surface area contributed by atoms with E-state index in [0.29, 0.717) is 18.6 Å². The van der Waals surface area contributed by atoms with E-state index in [1.807, 2.05) is 0 Å². The quantitative estimate of drug-likeness (QED) is 0.817. The molecule has 0 spiro atoms. The third-order valence-electron chi connectivity index (χ3n) is 4.07. The highest BCUT2D eigenvalue weighted by molar-refractivity contribution is 5.88. The third-order valence-corrected chi connectivity index (χ3v) is 4.07. The third kappa shape index (κ3) is 4.68. The maximum absolute atomic E-state index is 12.8. The minimum Gasteiger partial charge on any atom is -0.493 e. The summed E-state index contributed by atoms with van der Waals surface area (Å²) in [6, 6.07) is 5.60. The molecule has 126 valence electrons. The van der Waals surface area contributed by atoms with E-state index in [2.05, 4.69) is 5.32 Å². The molecule has 5 nitrogen and oxygen atoms in total. The number of hydrogen-bond donors (Lipinski definition) is 1. The molecule has 2 rings (SSSR count). The van der Waals surface area contributed by atoms with E-state index in [1.54, 1.807) is 0 Å². The molecule has 0 aliphatic heterocycles. The smallest absolute Gasteiger partial charge is 0.331 e. The molecule has 0 atom stereocenters. The second kappa shape index (κ2) is 7.94. The Balaban J connectivity index is 1.84. The van der Waals surface area contributed by atoms with Gasteiger partial charge in [0.15, 0.2) is 0 Å². The number of ether oxygens (including phenoxy) is 2. The van der Waals surface area contributed by atoms with Gasteiger partial charge in [0.2, 0.25) is 5.91 Å². The second-order valence-electron chi connectivity index (χ2n) is 5.73. The highest BCUT2D eigenvalue weighted by Gasteiger charge is 2.41. The summed E-state index contributed by atoms with van der Waals surface area (Å²) in [5.41, 5.74) is -0.903. The van der Waals surface area contributed by atoms with Crippen LogP contribution in [0.2, 0.25) is 0 Å². The zero-order valence-electron chi connectivity index (χ0n) is 13.3. The molecule has 1 aromatic carbocycles. The molecule has 1 amide bonds.